The minimum atomic E-state index is -0.550. The summed E-state index contributed by atoms with van der Waals surface area (Å²) in [4.78, 5) is 8.50. The van der Waals surface area contributed by atoms with Gasteiger partial charge in [-0.25, -0.2) is 4.98 Å². The number of rotatable bonds is 3. The van der Waals surface area contributed by atoms with Crippen LogP contribution in [0.2, 0.25) is 0 Å². The lowest BCUT2D eigenvalue weighted by molar-refractivity contribution is 0.198. The zero-order valence-electron chi connectivity index (χ0n) is 11.0. The molecule has 0 fully saturated rings. The number of hydrogen-bond donors (Lipinski definition) is 1. The van der Waals surface area contributed by atoms with Crippen molar-refractivity contribution in [2.45, 2.75) is 13.0 Å². The Morgan fingerprint density at radius 2 is 1.90 bits per heavy atom. The van der Waals surface area contributed by atoms with Crippen molar-refractivity contribution in [3.05, 3.63) is 60.4 Å². The Kier molecular flexibility index (Phi) is 3.31. The van der Waals surface area contributed by atoms with Crippen LogP contribution in [-0.2, 0) is 0 Å². The second-order valence-corrected chi connectivity index (χ2v) is 4.54. The number of benzene rings is 1. The first kappa shape index (κ1) is 12.6. The molecular weight excluding hydrogens is 252 g/mol. The first-order chi connectivity index (χ1) is 9.74. The van der Waals surface area contributed by atoms with Crippen molar-refractivity contribution in [3.63, 3.8) is 0 Å². The van der Waals surface area contributed by atoms with Gasteiger partial charge in [-0.1, -0.05) is 18.2 Å². The second kappa shape index (κ2) is 5.27. The highest BCUT2D eigenvalue weighted by Crippen LogP contribution is 2.28. The maximum Gasteiger partial charge on any atom is 0.219 e. The van der Waals surface area contributed by atoms with E-state index in [1.165, 1.54) is 0 Å². The summed E-state index contributed by atoms with van der Waals surface area (Å²) in [7, 11) is 0. The number of aromatic nitrogens is 2. The molecule has 1 N–H and O–H groups in total. The van der Waals surface area contributed by atoms with Gasteiger partial charge in [0, 0.05) is 23.8 Å². The third-order valence-electron chi connectivity index (χ3n) is 3.05. The average molecular weight is 266 g/mol. The van der Waals surface area contributed by atoms with Crippen LogP contribution in [0.25, 0.3) is 10.9 Å². The van der Waals surface area contributed by atoms with E-state index >= 15 is 0 Å². The van der Waals surface area contributed by atoms with E-state index in [9.17, 15) is 5.11 Å². The molecule has 1 atom stereocenters. The molecule has 2 aromatic heterocycles. The first-order valence-electron chi connectivity index (χ1n) is 6.39. The van der Waals surface area contributed by atoms with Gasteiger partial charge in [-0.2, -0.15) is 0 Å². The fraction of sp³-hybridized carbons (Fsp3) is 0.125. The van der Waals surface area contributed by atoms with Crippen molar-refractivity contribution in [2.75, 3.05) is 0 Å². The van der Waals surface area contributed by atoms with Crippen LogP contribution in [-0.4, -0.2) is 15.1 Å². The number of aliphatic hydroxyl groups excluding tert-OH is 1. The standard InChI is InChI=1S/C16H14N2O2/c1-11(19)13-7-9-17-15(10-13)20-14-6-2-4-12-5-3-8-18-16(12)14/h2-11,19H,1H3/t11-/m0/s1. The highest BCUT2D eigenvalue weighted by molar-refractivity contribution is 5.84. The van der Waals surface area contributed by atoms with Gasteiger partial charge in [0.05, 0.1) is 6.10 Å². The van der Waals surface area contributed by atoms with Gasteiger partial charge in [0.25, 0.3) is 0 Å². The molecule has 3 rings (SSSR count). The van der Waals surface area contributed by atoms with Crippen molar-refractivity contribution < 1.29 is 9.84 Å². The summed E-state index contributed by atoms with van der Waals surface area (Å²) in [5.41, 5.74) is 1.56. The third-order valence-corrected chi connectivity index (χ3v) is 3.05. The Hall–Kier alpha value is -2.46. The van der Waals surface area contributed by atoms with Crippen LogP contribution in [0.4, 0.5) is 0 Å². The highest BCUT2D eigenvalue weighted by Gasteiger charge is 2.07. The summed E-state index contributed by atoms with van der Waals surface area (Å²) in [5.74, 6) is 1.10. The Labute approximate surface area is 116 Å². The molecule has 0 bridgehead atoms. The molecule has 4 nitrogen and oxygen atoms in total. The Balaban J connectivity index is 1.99. The predicted molar refractivity (Wildman–Crippen MR) is 76.7 cm³/mol. The van der Waals surface area contributed by atoms with Gasteiger partial charge in [-0.05, 0) is 30.7 Å². The fourth-order valence-corrected chi connectivity index (χ4v) is 2.01. The number of para-hydroxylation sites is 1. The summed E-state index contributed by atoms with van der Waals surface area (Å²) in [6.45, 7) is 1.71. The summed E-state index contributed by atoms with van der Waals surface area (Å²) >= 11 is 0. The normalized spacial score (nSPS) is 12.3. The largest absolute Gasteiger partial charge is 0.437 e. The van der Waals surface area contributed by atoms with Crippen LogP contribution in [0, 0.1) is 0 Å². The molecule has 2 heterocycles. The Morgan fingerprint density at radius 3 is 2.75 bits per heavy atom. The van der Waals surface area contributed by atoms with Crippen molar-refractivity contribution in [3.8, 4) is 11.6 Å². The minimum absolute atomic E-state index is 0.446. The first-order valence-corrected chi connectivity index (χ1v) is 6.39. The summed E-state index contributed by atoms with van der Waals surface area (Å²) < 4.78 is 5.80. The third kappa shape index (κ3) is 2.46. The van der Waals surface area contributed by atoms with Crippen molar-refractivity contribution in [1.29, 1.82) is 0 Å². The molecule has 0 aliphatic carbocycles. The van der Waals surface area contributed by atoms with E-state index < -0.39 is 6.10 Å². The zero-order chi connectivity index (χ0) is 13.9. The van der Waals surface area contributed by atoms with Gasteiger partial charge < -0.3 is 9.84 Å². The lowest BCUT2D eigenvalue weighted by atomic mass is 10.2. The highest BCUT2D eigenvalue weighted by atomic mass is 16.5. The molecule has 0 unspecified atom stereocenters. The number of nitrogens with zero attached hydrogens (tertiary/aromatic N) is 2. The molecule has 1 aromatic carbocycles. The second-order valence-electron chi connectivity index (χ2n) is 4.54. The summed E-state index contributed by atoms with van der Waals surface area (Å²) in [6, 6.07) is 13.1. The lowest BCUT2D eigenvalue weighted by Crippen LogP contribution is -1.95. The molecule has 20 heavy (non-hydrogen) atoms. The Bertz CT molecular complexity index is 736. The van der Waals surface area contributed by atoms with Crippen LogP contribution in [0.3, 0.4) is 0 Å². The minimum Gasteiger partial charge on any atom is -0.437 e. The zero-order valence-corrected chi connectivity index (χ0v) is 11.0. The van der Waals surface area contributed by atoms with Crippen molar-refractivity contribution >= 4 is 10.9 Å². The number of pyridine rings is 2. The van der Waals surface area contributed by atoms with Gasteiger partial charge in [0.15, 0.2) is 5.75 Å². The van der Waals surface area contributed by atoms with Crippen molar-refractivity contribution in [1.82, 2.24) is 9.97 Å². The molecule has 3 aromatic rings. The topological polar surface area (TPSA) is 55.2 Å². The van der Waals surface area contributed by atoms with Gasteiger partial charge in [-0.15, -0.1) is 0 Å². The van der Waals surface area contributed by atoms with Gasteiger partial charge in [-0.3, -0.25) is 4.98 Å². The number of aliphatic hydroxyl groups is 1. The summed E-state index contributed by atoms with van der Waals surface area (Å²) in [6.07, 6.45) is 2.80. The molecular formula is C16H14N2O2. The Morgan fingerprint density at radius 1 is 1.05 bits per heavy atom. The number of ether oxygens (including phenoxy) is 1. The lowest BCUT2D eigenvalue weighted by Gasteiger charge is -2.09. The van der Waals surface area contributed by atoms with Gasteiger partial charge >= 0.3 is 0 Å². The molecule has 0 spiro atoms. The van der Waals surface area contributed by atoms with E-state index in [0.717, 1.165) is 16.5 Å². The summed E-state index contributed by atoms with van der Waals surface area (Å²) in [5, 5.41) is 10.6. The van der Waals surface area contributed by atoms with E-state index in [-0.39, 0.29) is 0 Å². The van der Waals surface area contributed by atoms with E-state index in [4.69, 9.17) is 4.74 Å². The smallest absolute Gasteiger partial charge is 0.219 e. The van der Waals surface area contributed by atoms with Crippen molar-refractivity contribution in [2.24, 2.45) is 0 Å². The molecule has 100 valence electrons. The maximum absolute atomic E-state index is 9.59. The molecule has 4 heteroatoms. The van der Waals surface area contributed by atoms with E-state index in [1.807, 2.05) is 30.3 Å². The number of fused-ring (bicyclic) bond motifs is 1. The van der Waals surface area contributed by atoms with E-state index in [2.05, 4.69) is 9.97 Å². The fourth-order valence-electron chi connectivity index (χ4n) is 2.01. The van der Waals surface area contributed by atoms with Crippen LogP contribution in [0.5, 0.6) is 11.6 Å². The van der Waals surface area contributed by atoms with Crippen LogP contribution in [0.1, 0.15) is 18.6 Å². The average Bonchev–Trinajstić information content (AvgIpc) is 2.48. The monoisotopic (exact) mass is 266 g/mol. The molecule has 0 saturated heterocycles. The van der Waals surface area contributed by atoms with Crippen LogP contribution >= 0.6 is 0 Å². The number of hydrogen-bond acceptors (Lipinski definition) is 4. The molecule has 0 aliphatic rings. The van der Waals surface area contributed by atoms with Crippen LogP contribution in [0.15, 0.2) is 54.9 Å². The van der Waals surface area contributed by atoms with Gasteiger partial charge in [0.1, 0.15) is 5.52 Å². The van der Waals surface area contributed by atoms with E-state index in [0.29, 0.717) is 11.6 Å². The van der Waals surface area contributed by atoms with Crippen LogP contribution < -0.4 is 4.74 Å². The molecule has 0 saturated carbocycles. The molecule has 0 aliphatic heterocycles. The predicted octanol–water partition coefficient (Wildman–Crippen LogP) is 3.48. The molecule has 0 amide bonds. The van der Waals surface area contributed by atoms with E-state index in [1.54, 1.807) is 31.5 Å². The molecule has 0 radical (unpaired) electrons. The van der Waals surface area contributed by atoms with Gasteiger partial charge in [0.2, 0.25) is 5.88 Å². The maximum atomic E-state index is 9.59. The SMILES string of the molecule is C[C@H](O)c1ccnc(Oc2cccc3cccnc23)c1. The quantitative estimate of drug-likeness (QED) is 0.788.